The summed E-state index contributed by atoms with van der Waals surface area (Å²) in [4.78, 5) is 0. The molecule has 11 aromatic rings. The van der Waals surface area contributed by atoms with Crippen LogP contribution in [0.15, 0.2) is 174 Å². The molecule has 0 amide bonds. The zero-order valence-electron chi connectivity index (χ0n) is 26.5. The van der Waals surface area contributed by atoms with Crippen LogP contribution in [-0.4, -0.2) is 9.13 Å². The Hall–Kier alpha value is -6.58. The Morgan fingerprint density at radius 1 is 0.327 bits per heavy atom. The Kier molecular flexibility index (Phi) is 5.38. The molecule has 3 heteroatoms. The second-order valence-electron chi connectivity index (χ2n) is 13.0. The SMILES string of the molecule is c1ccc2cc(-c3ccc(-n4c5ccccc5c5ccc6c7ccccc7n(-c7ccc8oc9ccccc9c8c7)c6c54)cc3)ccc2c1. The fraction of sp³-hybridized carbons (Fsp3) is 0. The fourth-order valence-corrected chi connectivity index (χ4v) is 8.06. The normalized spacial score (nSPS) is 12.1. The van der Waals surface area contributed by atoms with Gasteiger partial charge in [0.1, 0.15) is 11.2 Å². The number of hydrogen-bond acceptors (Lipinski definition) is 1. The van der Waals surface area contributed by atoms with Gasteiger partial charge in [-0.3, -0.25) is 0 Å². The van der Waals surface area contributed by atoms with Crippen LogP contribution in [0.3, 0.4) is 0 Å². The first-order valence-corrected chi connectivity index (χ1v) is 16.8. The molecule has 0 bridgehead atoms. The van der Waals surface area contributed by atoms with Gasteiger partial charge in [0.2, 0.25) is 0 Å². The van der Waals surface area contributed by atoms with E-state index in [2.05, 4.69) is 167 Å². The van der Waals surface area contributed by atoms with E-state index in [1.807, 2.05) is 12.1 Å². The van der Waals surface area contributed by atoms with Gasteiger partial charge >= 0.3 is 0 Å². The first-order valence-electron chi connectivity index (χ1n) is 16.8. The summed E-state index contributed by atoms with van der Waals surface area (Å²) in [5, 5.41) is 9.71. The molecule has 0 N–H and O–H groups in total. The summed E-state index contributed by atoms with van der Waals surface area (Å²) < 4.78 is 11.1. The molecule has 0 aliphatic heterocycles. The molecule has 0 saturated carbocycles. The van der Waals surface area contributed by atoms with Crippen molar-refractivity contribution in [1.82, 2.24) is 9.13 Å². The van der Waals surface area contributed by atoms with Crippen molar-refractivity contribution < 1.29 is 4.42 Å². The average Bonchev–Trinajstić information content (AvgIpc) is 3.82. The number of para-hydroxylation sites is 3. The molecule has 0 radical (unpaired) electrons. The van der Waals surface area contributed by atoms with Gasteiger partial charge in [0.05, 0.1) is 22.1 Å². The predicted molar refractivity (Wildman–Crippen MR) is 205 cm³/mol. The van der Waals surface area contributed by atoms with E-state index in [-0.39, 0.29) is 0 Å². The topological polar surface area (TPSA) is 23.0 Å². The third-order valence-electron chi connectivity index (χ3n) is 10.3. The molecule has 3 aromatic heterocycles. The van der Waals surface area contributed by atoms with E-state index >= 15 is 0 Å². The van der Waals surface area contributed by atoms with Crippen LogP contribution in [0.5, 0.6) is 0 Å². The minimum Gasteiger partial charge on any atom is -0.456 e. The van der Waals surface area contributed by atoms with E-state index in [0.29, 0.717) is 0 Å². The Morgan fingerprint density at radius 3 is 1.61 bits per heavy atom. The maximum Gasteiger partial charge on any atom is 0.135 e. The molecule has 0 saturated heterocycles. The van der Waals surface area contributed by atoms with E-state index in [4.69, 9.17) is 4.42 Å². The summed E-state index contributed by atoms with van der Waals surface area (Å²) in [6.07, 6.45) is 0. The van der Waals surface area contributed by atoms with Crippen LogP contribution < -0.4 is 0 Å². The molecule has 0 aliphatic rings. The molecule has 0 unspecified atom stereocenters. The predicted octanol–water partition coefficient (Wildman–Crippen LogP) is 12.6. The van der Waals surface area contributed by atoms with Crippen molar-refractivity contribution >= 4 is 76.3 Å². The lowest BCUT2D eigenvalue weighted by atomic mass is 10.0. The maximum atomic E-state index is 6.24. The van der Waals surface area contributed by atoms with Gasteiger partial charge in [0.25, 0.3) is 0 Å². The number of rotatable bonds is 3. The van der Waals surface area contributed by atoms with Crippen molar-refractivity contribution in [3.8, 4) is 22.5 Å². The zero-order valence-corrected chi connectivity index (χ0v) is 26.5. The van der Waals surface area contributed by atoms with Crippen molar-refractivity contribution in [2.75, 3.05) is 0 Å². The Morgan fingerprint density at radius 2 is 0.878 bits per heavy atom. The third-order valence-corrected chi connectivity index (χ3v) is 10.3. The highest BCUT2D eigenvalue weighted by Gasteiger charge is 2.21. The molecular weight excluding hydrogens is 597 g/mol. The van der Waals surface area contributed by atoms with Crippen molar-refractivity contribution in [2.24, 2.45) is 0 Å². The summed E-state index contributed by atoms with van der Waals surface area (Å²) in [5.74, 6) is 0. The summed E-state index contributed by atoms with van der Waals surface area (Å²) in [7, 11) is 0. The van der Waals surface area contributed by atoms with Crippen LogP contribution in [0.1, 0.15) is 0 Å². The van der Waals surface area contributed by atoms with Crippen molar-refractivity contribution in [3.05, 3.63) is 170 Å². The first-order chi connectivity index (χ1) is 24.3. The van der Waals surface area contributed by atoms with Gasteiger partial charge in [-0.15, -0.1) is 0 Å². The minimum atomic E-state index is 0.900. The lowest BCUT2D eigenvalue weighted by Gasteiger charge is -2.13. The molecule has 0 atom stereocenters. The van der Waals surface area contributed by atoms with Crippen LogP contribution in [-0.2, 0) is 0 Å². The molecule has 3 nitrogen and oxygen atoms in total. The highest BCUT2D eigenvalue weighted by atomic mass is 16.3. The van der Waals surface area contributed by atoms with Gasteiger partial charge in [-0.25, -0.2) is 0 Å². The molecule has 0 fully saturated rings. The molecule has 8 aromatic carbocycles. The van der Waals surface area contributed by atoms with Crippen LogP contribution in [0.25, 0.3) is 98.8 Å². The van der Waals surface area contributed by atoms with E-state index < -0.39 is 0 Å². The summed E-state index contributed by atoms with van der Waals surface area (Å²) in [5.41, 5.74) is 11.2. The monoisotopic (exact) mass is 624 g/mol. The third kappa shape index (κ3) is 3.78. The standard InChI is InChI=1S/C46H28N2O/c1-2-10-31-27-32(18-17-29(31)9-1)30-19-21-33(22-20-30)47-41-14-6-3-11-35(41)38-24-25-39-36-12-4-7-15-42(36)48(46(39)45(38)47)34-23-26-44-40(28-34)37-13-5-8-16-43(37)49-44/h1-28H. The fourth-order valence-electron chi connectivity index (χ4n) is 8.06. The lowest BCUT2D eigenvalue weighted by Crippen LogP contribution is -1.98. The van der Waals surface area contributed by atoms with E-state index in [0.717, 1.165) is 33.3 Å². The Balaban J connectivity index is 1.21. The molecule has 0 aliphatic carbocycles. The van der Waals surface area contributed by atoms with Crippen molar-refractivity contribution in [1.29, 1.82) is 0 Å². The number of fused-ring (bicyclic) bond motifs is 11. The van der Waals surface area contributed by atoms with Crippen LogP contribution in [0, 0.1) is 0 Å². The molecule has 49 heavy (non-hydrogen) atoms. The number of aromatic nitrogens is 2. The second kappa shape index (κ2) is 9.96. The van der Waals surface area contributed by atoms with Crippen LogP contribution in [0.4, 0.5) is 0 Å². The van der Waals surface area contributed by atoms with Gasteiger partial charge in [0.15, 0.2) is 0 Å². The van der Waals surface area contributed by atoms with E-state index in [1.54, 1.807) is 0 Å². The quantitative estimate of drug-likeness (QED) is 0.192. The molecule has 3 heterocycles. The Bertz CT molecular complexity index is 3100. The average molecular weight is 625 g/mol. The van der Waals surface area contributed by atoms with Gasteiger partial charge in [-0.2, -0.15) is 0 Å². The molecular formula is C46H28N2O. The zero-order chi connectivity index (χ0) is 32.1. The largest absolute Gasteiger partial charge is 0.456 e. The van der Waals surface area contributed by atoms with Gasteiger partial charge in [-0.1, -0.05) is 115 Å². The highest BCUT2D eigenvalue weighted by molar-refractivity contribution is 6.24. The van der Waals surface area contributed by atoms with Gasteiger partial charge in [-0.05, 0) is 76.5 Å². The summed E-state index contributed by atoms with van der Waals surface area (Å²) in [6, 6.07) is 61.4. The van der Waals surface area contributed by atoms with Crippen LogP contribution in [0.2, 0.25) is 0 Å². The number of hydrogen-bond donors (Lipinski definition) is 0. The number of nitrogens with zero attached hydrogens (tertiary/aromatic N) is 2. The lowest BCUT2D eigenvalue weighted by molar-refractivity contribution is 0.669. The maximum absolute atomic E-state index is 6.24. The smallest absolute Gasteiger partial charge is 0.135 e. The number of benzene rings is 8. The molecule has 228 valence electrons. The van der Waals surface area contributed by atoms with Crippen molar-refractivity contribution in [2.45, 2.75) is 0 Å². The van der Waals surface area contributed by atoms with E-state index in [9.17, 15) is 0 Å². The molecule has 11 rings (SSSR count). The second-order valence-corrected chi connectivity index (χ2v) is 13.0. The van der Waals surface area contributed by atoms with Crippen LogP contribution >= 0.6 is 0 Å². The summed E-state index contributed by atoms with van der Waals surface area (Å²) >= 11 is 0. The first kappa shape index (κ1) is 26.5. The van der Waals surface area contributed by atoms with Gasteiger partial charge < -0.3 is 13.6 Å². The molecule has 0 spiro atoms. The Labute approximate surface area is 281 Å². The highest BCUT2D eigenvalue weighted by Crippen LogP contribution is 2.42. The number of furan rings is 1. The van der Waals surface area contributed by atoms with E-state index in [1.165, 1.54) is 65.5 Å². The minimum absolute atomic E-state index is 0.900. The van der Waals surface area contributed by atoms with Gasteiger partial charge in [0, 0.05) is 43.7 Å². The summed E-state index contributed by atoms with van der Waals surface area (Å²) in [6.45, 7) is 0. The van der Waals surface area contributed by atoms with Crippen molar-refractivity contribution in [3.63, 3.8) is 0 Å².